The summed E-state index contributed by atoms with van der Waals surface area (Å²) in [6.45, 7) is 5.15. The minimum atomic E-state index is 0.959. The Morgan fingerprint density at radius 2 is 2.19 bits per heavy atom. The van der Waals surface area contributed by atoms with Crippen molar-refractivity contribution in [1.82, 2.24) is 19.5 Å². The molecule has 16 heavy (non-hydrogen) atoms. The number of rotatable bonds is 1. The van der Waals surface area contributed by atoms with E-state index in [1.807, 2.05) is 13.1 Å². The van der Waals surface area contributed by atoms with Crippen molar-refractivity contribution in [3.8, 4) is 11.4 Å². The second-order valence-electron chi connectivity index (χ2n) is 4.45. The van der Waals surface area contributed by atoms with Gasteiger partial charge in [-0.15, -0.1) is 0 Å². The fourth-order valence-electron chi connectivity index (χ4n) is 2.50. The van der Waals surface area contributed by atoms with E-state index in [1.54, 1.807) is 0 Å². The molecule has 0 unspecified atom stereocenters. The molecule has 0 aromatic carbocycles. The highest BCUT2D eigenvalue weighted by Gasteiger charge is 2.19. The van der Waals surface area contributed by atoms with Crippen LogP contribution in [0, 0.1) is 13.8 Å². The van der Waals surface area contributed by atoms with Crippen LogP contribution in [0.25, 0.3) is 11.4 Å². The van der Waals surface area contributed by atoms with E-state index in [0.717, 1.165) is 30.2 Å². The summed E-state index contributed by atoms with van der Waals surface area (Å²) in [6.07, 6.45) is 5.52. The monoisotopic (exact) mass is 216 g/mol. The number of aromatic amines is 1. The van der Waals surface area contributed by atoms with Gasteiger partial charge in [0.1, 0.15) is 11.6 Å². The van der Waals surface area contributed by atoms with Crippen LogP contribution in [0.15, 0.2) is 6.20 Å². The summed E-state index contributed by atoms with van der Waals surface area (Å²) in [7, 11) is 0. The molecule has 3 heterocycles. The molecule has 1 aliphatic heterocycles. The Hall–Kier alpha value is -1.58. The summed E-state index contributed by atoms with van der Waals surface area (Å²) in [5, 5.41) is 0. The van der Waals surface area contributed by atoms with E-state index >= 15 is 0 Å². The molecule has 4 nitrogen and oxygen atoms in total. The fourth-order valence-corrected chi connectivity index (χ4v) is 2.50. The third-order valence-electron chi connectivity index (χ3n) is 3.21. The SMILES string of the molecule is Cc1ncc(-c2c(C)nc3n2CCCC3)[nH]1. The number of fused-ring (bicyclic) bond motifs is 1. The van der Waals surface area contributed by atoms with Gasteiger partial charge in [0.25, 0.3) is 0 Å². The molecule has 1 N–H and O–H groups in total. The largest absolute Gasteiger partial charge is 0.341 e. The summed E-state index contributed by atoms with van der Waals surface area (Å²) in [4.78, 5) is 12.2. The summed E-state index contributed by atoms with van der Waals surface area (Å²) in [5.41, 5.74) is 3.42. The van der Waals surface area contributed by atoms with Crippen molar-refractivity contribution >= 4 is 0 Å². The number of aryl methyl sites for hydroxylation is 3. The molecule has 0 spiro atoms. The van der Waals surface area contributed by atoms with E-state index in [2.05, 4.69) is 26.4 Å². The molecule has 2 aromatic heterocycles. The molecule has 0 radical (unpaired) electrons. The number of hydrogen-bond acceptors (Lipinski definition) is 2. The van der Waals surface area contributed by atoms with Crippen LogP contribution in [0.3, 0.4) is 0 Å². The Morgan fingerprint density at radius 3 is 2.94 bits per heavy atom. The Morgan fingerprint density at radius 1 is 1.31 bits per heavy atom. The molecule has 84 valence electrons. The molecule has 0 amide bonds. The van der Waals surface area contributed by atoms with Gasteiger partial charge in [-0.1, -0.05) is 0 Å². The third kappa shape index (κ3) is 1.37. The lowest BCUT2D eigenvalue weighted by Gasteiger charge is -2.15. The summed E-state index contributed by atoms with van der Waals surface area (Å²) in [6, 6.07) is 0. The average molecular weight is 216 g/mol. The molecule has 0 saturated carbocycles. The molecule has 0 atom stereocenters. The van der Waals surface area contributed by atoms with Crippen molar-refractivity contribution < 1.29 is 0 Å². The van der Waals surface area contributed by atoms with E-state index in [0.29, 0.717) is 0 Å². The zero-order chi connectivity index (χ0) is 11.1. The van der Waals surface area contributed by atoms with Crippen LogP contribution in [-0.2, 0) is 13.0 Å². The maximum Gasteiger partial charge on any atom is 0.109 e. The van der Waals surface area contributed by atoms with E-state index in [-0.39, 0.29) is 0 Å². The third-order valence-corrected chi connectivity index (χ3v) is 3.21. The molecular weight excluding hydrogens is 200 g/mol. The van der Waals surface area contributed by atoms with Crippen LogP contribution in [-0.4, -0.2) is 19.5 Å². The van der Waals surface area contributed by atoms with Crippen LogP contribution >= 0.6 is 0 Å². The van der Waals surface area contributed by atoms with Gasteiger partial charge in [0, 0.05) is 13.0 Å². The zero-order valence-electron chi connectivity index (χ0n) is 9.75. The lowest BCUT2D eigenvalue weighted by Crippen LogP contribution is -2.11. The second kappa shape index (κ2) is 3.47. The van der Waals surface area contributed by atoms with Crippen LogP contribution in [0.5, 0.6) is 0 Å². The maximum atomic E-state index is 4.65. The highest BCUT2D eigenvalue weighted by molar-refractivity contribution is 5.58. The molecule has 0 bridgehead atoms. The van der Waals surface area contributed by atoms with Gasteiger partial charge in [0.05, 0.1) is 23.3 Å². The van der Waals surface area contributed by atoms with Crippen molar-refractivity contribution in [2.75, 3.05) is 0 Å². The minimum absolute atomic E-state index is 0.959. The molecule has 0 fully saturated rings. The van der Waals surface area contributed by atoms with E-state index in [4.69, 9.17) is 0 Å². The van der Waals surface area contributed by atoms with Crippen LogP contribution in [0.1, 0.15) is 30.2 Å². The molecule has 3 rings (SSSR count). The predicted molar refractivity (Wildman–Crippen MR) is 62.2 cm³/mol. The van der Waals surface area contributed by atoms with Crippen molar-refractivity contribution in [2.24, 2.45) is 0 Å². The first-order chi connectivity index (χ1) is 7.75. The molecule has 4 heteroatoms. The lowest BCUT2D eigenvalue weighted by molar-refractivity contribution is 0.525. The van der Waals surface area contributed by atoms with Gasteiger partial charge in [-0.25, -0.2) is 9.97 Å². The first-order valence-corrected chi connectivity index (χ1v) is 5.83. The number of hydrogen-bond donors (Lipinski definition) is 1. The average Bonchev–Trinajstić information content (AvgIpc) is 2.80. The summed E-state index contributed by atoms with van der Waals surface area (Å²) < 4.78 is 2.34. The lowest BCUT2D eigenvalue weighted by atomic mass is 10.1. The van der Waals surface area contributed by atoms with Gasteiger partial charge in [-0.3, -0.25) is 0 Å². The molecule has 0 aliphatic carbocycles. The van der Waals surface area contributed by atoms with Crippen molar-refractivity contribution in [2.45, 2.75) is 39.7 Å². The maximum absolute atomic E-state index is 4.65. The Balaban J connectivity index is 2.16. The van der Waals surface area contributed by atoms with Crippen molar-refractivity contribution in [3.05, 3.63) is 23.5 Å². The van der Waals surface area contributed by atoms with E-state index in [9.17, 15) is 0 Å². The minimum Gasteiger partial charge on any atom is -0.341 e. The number of H-pyrrole nitrogens is 1. The van der Waals surface area contributed by atoms with E-state index in [1.165, 1.54) is 24.4 Å². The van der Waals surface area contributed by atoms with Crippen LogP contribution < -0.4 is 0 Å². The Labute approximate surface area is 94.7 Å². The predicted octanol–water partition coefficient (Wildman–Crippen LogP) is 2.23. The molecule has 2 aromatic rings. The number of imidazole rings is 2. The number of aromatic nitrogens is 4. The van der Waals surface area contributed by atoms with Gasteiger partial charge >= 0.3 is 0 Å². The number of nitrogens with one attached hydrogen (secondary N) is 1. The molecule has 0 saturated heterocycles. The first kappa shape index (κ1) is 9.63. The highest BCUT2D eigenvalue weighted by atomic mass is 15.1. The van der Waals surface area contributed by atoms with Gasteiger partial charge in [0.15, 0.2) is 0 Å². The first-order valence-electron chi connectivity index (χ1n) is 5.83. The zero-order valence-corrected chi connectivity index (χ0v) is 9.75. The van der Waals surface area contributed by atoms with Gasteiger partial charge in [0.2, 0.25) is 0 Å². The number of nitrogens with zero attached hydrogens (tertiary/aromatic N) is 3. The van der Waals surface area contributed by atoms with Gasteiger partial charge in [-0.2, -0.15) is 0 Å². The van der Waals surface area contributed by atoms with Crippen molar-refractivity contribution in [1.29, 1.82) is 0 Å². The van der Waals surface area contributed by atoms with Crippen LogP contribution in [0.4, 0.5) is 0 Å². The van der Waals surface area contributed by atoms with Gasteiger partial charge in [-0.05, 0) is 26.7 Å². The molecular formula is C12H16N4. The standard InChI is InChI=1S/C12H16N4/c1-8-12(10-7-13-9(2)15-10)16-6-4-3-5-11(16)14-8/h7H,3-6H2,1-2H3,(H,13,15). The molecule has 1 aliphatic rings. The normalized spacial score (nSPS) is 15.1. The topological polar surface area (TPSA) is 46.5 Å². The Bertz CT molecular complexity index is 521. The van der Waals surface area contributed by atoms with Crippen LogP contribution in [0.2, 0.25) is 0 Å². The summed E-state index contributed by atoms with van der Waals surface area (Å²) >= 11 is 0. The highest BCUT2D eigenvalue weighted by Crippen LogP contribution is 2.27. The quantitative estimate of drug-likeness (QED) is 0.794. The van der Waals surface area contributed by atoms with Gasteiger partial charge < -0.3 is 9.55 Å². The van der Waals surface area contributed by atoms with Crippen molar-refractivity contribution in [3.63, 3.8) is 0 Å². The fraction of sp³-hybridized carbons (Fsp3) is 0.500. The smallest absolute Gasteiger partial charge is 0.109 e. The second-order valence-corrected chi connectivity index (χ2v) is 4.45. The van der Waals surface area contributed by atoms with E-state index < -0.39 is 0 Å². The Kier molecular flexibility index (Phi) is 2.09. The summed E-state index contributed by atoms with van der Waals surface area (Å²) in [5.74, 6) is 2.19.